The lowest BCUT2D eigenvalue weighted by Gasteiger charge is -2.36. The van der Waals surface area contributed by atoms with Crippen LogP contribution in [-0.4, -0.2) is 36.8 Å². The zero-order chi connectivity index (χ0) is 15.7. The van der Waals surface area contributed by atoms with E-state index >= 15 is 0 Å². The molecule has 1 unspecified atom stereocenters. The topological polar surface area (TPSA) is 53.9 Å². The number of fused-ring (bicyclic) bond motifs is 1. The molecule has 3 rings (SSSR count). The maximum absolute atomic E-state index is 11.8. The predicted molar refractivity (Wildman–Crippen MR) is 89.0 cm³/mol. The minimum atomic E-state index is -1.19. The van der Waals surface area contributed by atoms with Crippen molar-refractivity contribution in [2.75, 3.05) is 20.5 Å². The quantitative estimate of drug-likeness (QED) is 0.804. The van der Waals surface area contributed by atoms with Crippen molar-refractivity contribution < 1.29 is 14.0 Å². The molecule has 2 aliphatic rings. The van der Waals surface area contributed by atoms with E-state index in [2.05, 4.69) is 10.5 Å². The number of ether oxygens (including phenoxy) is 2. The lowest BCUT2D eigenvalue weighted by Crippen LogP contribution is -2.36. The molecule has 1 aromatic carbocycles. The molecule has 0 N–H and O–H groups in total. The fourth-order valence-electron chi connectivity index (χ4n) is 3.86. The first-order chi connectivity index (χ1) is 10.6. The van der Waals surface area contributed by atoms with Crippen molar-refractivity contribution in [3.05, 3.63) is 29.3 Å². The third kappa shape index (κ3) is 2.77. The van der Waals surface area contributed by atoms with Gasteiger partial charge in [-0.25, -0.2) is 0 Å². The van der Waals surface area contributed by atoms with Crippen molar-refractivity contribution in [1.82, 2.24) is 0 Å². The molecule has 0 aliphatic heterocycles. The van der Waals surface area contributed by atoms with Crippen LogP contribution in [-0.2, 0) is 22.5 Å². The standard InChI is InChI=1S/C17H23NO3S/c1-20-13-6-8-17(9-7-13)11-12-4-5-14(21-2)10-15(12)16(17)18-22(3)19/h4-5,10,13H,6-9,11H2,1-3H3. The van der Waals surface area contributed by atoms with Crippen LogP contribution in [0.3, 0.4) is 0 Å². The Balaban J connectivity index is 1.99. The molecule has 1 aromatic rings. The van der Waals surface area contributed by atoms with Crippen LogP contribution in [0.5, 0.6) is 5.75 Å². The molecule has 0 aromatic heterocycles. The second kappa shape index (κ2) is 6.22. The summed E-state index contributed by atoms with van der Waals surface area (Å²) in [6, 6.07) is 6.16. The molecular formula is C17H23NO3S. The van der Waals surface area contributed by atoms with Crippen molar-refractivity contribution in [2.24, 2.45) is 9.81 Å². The lowest BCUT2D eigenvalue weighted by molar-refractivity contribution is 0.0468. The van der Waals surface area contributed by atoms with Gasteiger partial charge in [0.25, 0.3) is 0 Å². The smallest absolute Gasteiger partial charge is 0.123 e. The first-order valence-corrected chi connectivity index (χ1v) is 9.22. The molecule has 0 radical (unpaired) electrons. The monoisotopic (exact) mass is 321 g/mol. The van der Waals surface area contributed by atoms with Gasteiger partial charge in [-0.2, -0.15) is 0 Å². The average molecular weight is 321 g/mol. The Morgan fingerprint density at radius 3 is 2.59 bits per heavy atom. The Labute approximate surface area is 135 Å². The summed E-state index contributed by atoms with van der Waals surface area (Å²) >= 11 is -1.19. The van der Waals surface area contributed by atoms with Crippen molar-refractivity contribution in [2.45, 2.75) is 38.2 Å². The lowest BCUT2D eigenvalue weighted by atomic mass is 9.70. The highest BCUT2D eigenvalue weighted by molar-refractivity contribution is 7.89. The zero-order valence-corrected chi connectivity index (χ0v) is 14.2. The normalized spacial score (nSPS) is 30.5. The van der Waals surface area contributed by atoms with E-state index in [9.17, 15) is 4.55 Å². The first-order valence-electron chi connectivity index (χ1n) is 7.71. The highest BCUT2D eigenvalue weighted by Crippen LogP contribution is 2.49. The number of rotatable bonds is 3. The number of nitrogens with zero attached hydrogens (tertiary/aromatic N) is 1. The molecule has 0 amide bonds. The molecule has 120 valence electrons. The van der Waals surface area contributed by atoms with Gasteiger partial charge >= 0.3 is 0 Å². The van der Waals surface area contributed by atoms with E-state index in [1.54, 1.807) is 20.5 Å². The van der Waals surface area contributed by atoms with Gasteiger partial charge in [-0.3, -0.25) is 0 Å². The Morgan fingerprint density at radius 2 is 2.00 bits per heavy atom. The molecule has 0 saturated heterocycles. The highest BCUT2D eigenvalue weighted by Gasteiger charge is 2.47. The zero-order valence-electron chi connectivity index (χ0n) is 13.4. The molecule has 1 spiro atoms. The van der Waals surface area contributed by atoms with Crippen LogP contribution < -0.4 is 4.74 Å². The molecule has 1 saturated carbocycles. The van der Waals surface area contributed by atoms with Crippen molar-refractivity contribution in [1.29, 1.82) is 0 Å². The summed E-state index contributed by atoms with van der Waals surface area (Å²) in [7, 11) is 3.46. The summed E-state index contributed by atoms with van der Waals surface area (Å²) in [4.78, 5) is 0. The molecule has 1 fully saturated rings. The van der Waals surface area contributed by atoms with Crippen LogP contribution in [0.1, 0.15) is 36.8 Å². The molecule has 0 heterocycles. The molecule has 22 heavy (non-hydrogen) atoms. The van der Waals surface area contributed by atoms with Crippen LogP contribution >= 0.6 is 0 Å². The second-order valence-corrected chi connectivity index (χ2v) is 7.31. The summed E-state index contributed by atoms with van der Waals surface area (Å²) in [6.45, 7) is 0. The average Bonchev–Trinajstić information content (AvgIpc) is 2.80. The van der Waals surface area contributed by atoms with Crippen LogP contribution in [0.15, 0.2) is 22.6 Å². The highest BCUT2D eigenvalue weighted by atomic mass is 32.2. The van der Waals surface area contributed by atoms with E-state index in [0.717, 1.165) is 49.1 Å². The van der Waals surface area contributed by atoms with Crippen LogP contribution in [0.25, 0.3) is 0 Å². The van der Waals surface area contributed by atoms with E-state index in [4.69, 9.17) is 9.47 Å². The van der Waals surface area contributed by atoms with Gasteiger partial charge in [-0.05, 0) is 49.8 Å². The first kappa shape index (κ1) is 15.8. The Kier molecular flexibility index (Phi) is 4.48. The van der Waals surface area contributed by atoms with Gasteiger partial charge in [0.2, 0.25) is 0 Å². The molecule has 5 heteroatoms. The third-order valence-electron chi connectivity index (χ3n) is 5.05. The predicted octanol–water partition coefficient (Wildman–Crippen LogP) is 2.91. The van der Waals surface area contributed by atoms with Gasteiger partial charge in [-0.15, -0.1) is 0 Å². The number of benzene rings is 1. The Bertz CT molecular complexity index is 577. The van der Waals surface area contributed by atoms with Crippen LogP contribution in [0.4, 0.5) is 0 Å². The molecule has 2 aliphatic carbocycles. The second-order valence-electron chi connectivity index (χ2n) is 6.28. The van der Waals surface area contributed by atoms with Gasteiger partial charge in [0.05, 0.1) is 24.6 Å². The Hall–Kier alpha value is -1.04. The molecular weight excluding hydrogens is 298 g/mol. The van der Waals surface area contributed by atoms with E-state index in [0.29, 0.717) is 6.10 Å². The molecule has 4 nitrogen and oxygen atoms in total. The molecule has 1 atom stereocenters. The van der Waals surface area contributed by atoms with Crippen LogP contribution in [0.2, 0.25) is 0 Å². The van der Waals surface area contributed by atoms with Gasteiger partial charge in [0.1, 0.15) is 17.7 Å². The fourth-order valence-corrected chi connectivity index (χ4v) is 4.41. The summed E-state index contributed by atoms with van der Waals surface area (Å²) in [5.41, 5.74) is 3.44. The Morgan fingerprint density at radius 1 is 1.27 bits per heavy atom. The molecule has 0 bridgehead atoms. The number of hydrogen-bond acceptors (Lipinski definition) is 4. The maximum atomic E-state index is 11.8. The summed E-state index contributed by atoms with van der Waals surface area (Å²) in [6.07, 6.45) is 7.13. The van der Waals surface area contributed by atoms with Crippen molar-refractivity contribution in [3.8, 4) is 5.75 Å². The van der Waals surface area contributed by atoms with Gasteiger partial charge < -0.3 is 14.0 Å². The summed E-state index contributed by atoms with van der Waals surface area (Å²) in [5, 5.41) is 0. The maximum Gasteiger partial charge on any atom is 0.123 e. The van der Waals surface area contributed by atoms with Crippen molar-refractivity contribution >= 4 is 17.1 Å². The third-order valence-corrected chi connectivity index (χ3v) is 5.49. The fraction of sp³-hybridized carbons (Fsp3) is 0.588. The van der Waals surface area contributed by atoms with Gasteiger partial charge in [0, 0.05) is 18.1 Å². The summed E-state index contributed by atoms with van der Waals surface area (Å²) in [5.74, 6) is 0.830. The van der Waals surface area contributed by atoms with E-state index in [-0.39, 0.29) is 5.41 Å². The minimum Gasteiger partial charge on any atom is -0.591 e. The SMILES string of the molecule is COc1ccc2c(c1)C(=N[S+](C)[O-])C1(CCC(OC)CC1)C2. The summed E-state index contributed by atoms with van der Waals surface area (Å²) < 4.78 is 27.1. The number of methoxy groups -OCH3 is 2. The number of hydrogen-bond donors (Lipinski definition) is 0. The van der Waals surface area contributed by atoms with E-state index < -0.39 is 11.4 Å². The van der Waals surface area contributed by atoms with E-state index in [1.165, 1.54) is 5.56 Å². The minimum absolute atomic E-state index is 0.0232. The van der Waals surface area contributed by atoms with Gasteiger partial charge in [-0.1, -0.05) is 10.5 Å². The van der Waals surface area contributed by atoms with E-state index in [1.807, 2.05) is 12.1 Å². The van der Waals surface area contributed by atoms with Gasteiger partial charge in [0.15, 0.2) is 0 Å². The van der Waals surface area contributed by atoms with Crippen molar-refractivity contribution in [3.63, 3.8) is 0 Å². The largest absolute Gasteiger partial charge is 0.591 e. The van der Waals surface area contributed by atoms with Crippen LogP contribution in [0, 0.1) is 5.41 Å².